The molecule has 0 spiro atoms. The molecule has 0 aliphatic carbocycles. The molecule has 0 fully saturated rings. The zero-order chi connectivity index (χ0) is 19.2. The van der Waals surface area contributed by atoms with Crippen molar-refractivity contribution in [2.24, 2.45) is 0 Å². The number of nitrogens with one attached hydrogen (secondary N) is 2. The maximum atomic E-state index is 11.6. The van der Waals surface area contributed by atoms with Gasteiger partial charge in [-0.1, -0.05) is 0 Å². The smallest absolute Gasteiger partial charge is 0.437 e. The van der Waals surface area contributed by atoms with Crippen LogP contribution in [0.25, 0.3) is 22.4 Å². The molecular weight excluding hydrogens is 350 g/mol. The van der Waals surface area contributed by atoms with Crippen molar-refractivity contribution in [1.29, 1.82) is 0 Å². The van der Waals surface area contributed by atoms with Crippen LogP contribution in [0.5, 0.6) is 5.75 Å². The Labute approximate surface area is 154 Å². The third-order valence-electron chi connectivity index (χ3n) is 3.50. The van der Waals surface area contributed by atoms with Crippen molar-refractivity contribution in [2.45, 2.75) is 6.92 Å². The normalized spacial score (nSPS) is 10.3. The number of urea groups is 1. The number of nitrogens with zero attached hydrogens (tertiary/aromatic N) is 3. The van der Waals surface area contributed by atoms with E-state index in [0.717, 1.165) is 5.56 Å². The molecule has 2 amide bonds. The van der Waals surface area contributed by atoms with Crippen LogP contribution in [0.4, 0.5) is 15.4 Å². The Hall–Kier alpha value is -3.75. The SMILES string of the molecule is CCNC(=O)Nc1ccc2ncc(-c3ccc(OC(=O)OC)cc3)nc2n1. The fraction of sp³-hybridized carbons (Fsp3) is 0.167. The molecule has 0 aliphatic heterocycles. The summed E-state index contributed by atoms with van der Waals surface area (Å²) in [6, 6.07) is 9.78. The van der Waals surface area contributed by atoms with Crippen LogP contribution < -0.4 is 15.4 Å². The monoisotopic (exact) mass is 367 g/mol. The summed E-state index contributed by atoms with van der Waals surface area (Å²) in [4.78, 5) is 35.9. The second-order valence-corrected chi connectivity index (χ2v) is 5.36. The first-order valence-electron chi connectivity index (χ1n) is 8.14. The molecule has 9 heteroatoms. The highest BCUT2D eigenvalue weighted by molar-refractivity contribution is 5.89. The van der Waals surface area contributed by atoms with Gasteiger partial charge in [0.25, 0.3) is 0 Å². The second kappa shape index (κ2) is 8.09. The van der Waals surface area contributed by atoms with E-state index < -0.39 is 6.16 Å². The lowest BCUT2D eigenvalue weighted by Gasteiger charge is -2.07. The standard InChI is InChI=1S/C18H17N5O4/c1-3-19-17(24)23-15-9-8-13-16(22-15)21-14(10-20-13)11-4-6-12(7-5-11)27-18(25)26-2/h4-10H,3H2,1-2H3,(H2,19,21,22,23,24). The van der Waals surface area contributed by atoms with Crippen molar-refractivity contribution in [3.05, 3.63) is 42.6 Å². The van der Waals surface area contributed by atoms with Gasteiger partial charge in [0.15, 0.2) is 5.65 Å². The van der Waals surface area contributed by atoms with Crippen LogP contribution in [-0.2, 0) is 4.74 Å². The van der Waals surface area contributed by atoms with Crippen molar-refractivity contribution in [2.75, 3.05) is 19.0 Å². The molecule has 0 saturated carbocycles. The largest absolute Gasteiger partial charge is 0.513 e. The number of fused-ring (bicyclic) bond motifs is 1. The highest BCUT2D eigenvalue weighted by Crippen LogP contribution is 2.22. The first kappa shape index (κ1) is 18.1. The van der Waals surface area contributed by atoms with Crippen molar-refractivity contribution in [3.8, 4) is 17.0 Å². The number of carbonyl (C=O) groups is 2. The van der Waals surface area contributed by atoms with Crippen LogP contribution in [0.1, 0.15) is 6.92 Å². The van der Waals surface area contributed by atoms with E-state index in [1.807, 2.05) is 6.92 Å². The van der Waals surface area contributed by atoms with E-state index in [1.165, 1.54) is 7.11 Å². The summed E-state index contributed by atoms with van der Waals surface area (Å²) < 4.78 is 9.39. The quantitative estimate of drug-likeness (QED) is 0.538. The number of rotatable bonds is 4. The lowest BCUT2D eigenvalue weighted by Crippen LogP contribution is -2.28. The fourth-order valence-electron chi connectivity index (χ4n) is 2.26. The Morgan fingerprint density at radius 3 is 2.56 bits per heavy atom. The topological polar surface area (TPSA) is 115 Å². The molecule has 0 unspecified atom stereocenters. The minimum absolute atomic E-state index is 0.338. The van der Waals surface area contributed by atoms with E-state index in [0.29, 0.717) is 35.0 Å². The van der Waals surface area contributed by atoms with Crippen molar-refractivity contribution in [1.82, 2.24) is 20.3 Å². The van der Waals surface area contributed by atoms with Gasteiger partial charge in [0.1, 0.15) is 17.1 Å². The number of amides is 2. The number of methoxy groups -OCH3 is 1. The first-order chi connectivity index (χ1) is 13.1. The van der Waals surface area contributed by atoms with Gasteiger partial charge in [0.05, 0.1) is 19.0 Å². The number of aromatic nitrogens is 3. The van der Waals surface area contributed by atoms with Gasteiger partial charge in [-0.25, -0.2) is 19.6 Å². The molecule has 3 rings (SSSR count). The molecule has 0 aliphatic rings. The molecule has 3 aromatic rings. The van der Waals surface area contributed by atoms with E-state index in [-0.39, 0.29) is 6.03 Å². The number of hydrogen-bond donors (Lipinski definition) is 2. The summed E-state index contributed by atoms with van der Waals surface area (Å²) in [5.41, 5.74) is 2.36. The van der Waals surface area contributed by atoms with Gasteiger partial charge in [0.2, 0.25) is 0 Å². The molecular formula is C18H17N5O4. The summed E-state index contributed by atoms with van der Waals surface area (Å²) in [5.74, 6) is 0.729. The summed E-state index contributed by atoms with van der Waals surface area (Å²) in [7, 11) is 1.24. The van der Waals surface area contributed by atoms with Gasteiger partial charge in [-0.2, -0.15) is 0 Å². The molecule has 0 atom stereocenters. The number of pyridine rings is 1. The molecule has 2 heterocycles. The molecule has 9 nitrogen and oxygen atoms in total. The molecule has 1 aromatic carbocycles. The number of ether oxygens (including phenoxy) is 2. The first-order valence-corrected chi connectivity index (χ1v) is 8.14. The average Bonchev–Trinajstić information content (AvgIpc) is 2.68. The lowest BCUT2D eigenvalue weighted by molar-refractivity contribution is 0.121. The third-order valence-corrected chi connectivity index (χ3v) is 3.50. The zero-order valence-corrected chi connectivity index (χ0v) is 14.7. The minimum atomic E-state index is -0.787. The molecule has 0 saturated heterocycles. The van der Waals surface area contributed by atoms with Gasteiger partial charge < -0.3 is 14.8 Å². The van der Waals surface area contributed by atoms with Gasteiger partial charge in [-0.05, 0) is 43.3 Å². The van der Waals surface area contributed by atoms with Crippen molar-refractivity contribution >= 4 is 29.2 Å². The van der Waals surface area contributed by atoms with Crippen LogP contribution in [0.2, 0.25) is 0 Å². The van der Waals surface area contributed by atoms with Crippen LogP contribution in [-0.4, -0.2) is 40.8 Å². The van der Waals surface area contributed by atoms with Crippen molar-refractivity contribution in [3.63, 3.8) is 0 Å². The molecule has 2 N–H and O–H groups in total. The van der Waals surface area contributed by atoms with Crippen LogP contribution in [0.15, 0.2) is 42.6 Å². The van der Waals surface area contributed by atoms with Crippen LogP contribution >= 0.6 is 0 Å². The van der Waals surface area contributed by atoms with Gasteiger partial charge in [-0.15, -0.1) is 0 Å². The highest BCUT2D eigenvalue weighted by atomic mass is 16.7. The number of benzene rings is 1. The van der Waals surface area contributed by atoms with E-state index in [4.69, 9.17) is 4.74 Å². The van der Waals surface area contributed by atoms with Crippen LogP contribution in [0, 0.1) is 0 Å². The van der Waals surface area contributed by atoms with E-state index in [2.05, 4.69) is 30.3 Å². The van der Waals surface area contributed by atoms with Gasteiger partial charge in [0, 0.05) is 12.1 Å². The fourth-order valence-corrected chi connectivity index (χ4v) is 2.26. The Morgan fingerprint density at radius 2 is 1.85 bits per heavy atom. The minimum Gasteiger partial charge on any atom is -0.437 e. The van der Waals surface area contributed by atoms with E-state index >= 15 is 0 Å². The molecule has 138 valence electrons. The predicted octanol–water partition coefficient (Wildman–Crippen LogP) is 2.98. The zero-order valence-electron chi connectivity index (χ0n) is 14.7. The van der Waals surface area contributed by atoms with E-state index in [1.54, 1.807) is 42.6 Å². The van der Waals surface area contributed by atoms with Crippen molar-refractivity contribution < 1.29 is 19.1 Å². The van der Waals surface area contributed by atoms with Gasteiger partial charge in [-0.3, -0.25) is 10.3 Å². The molecule has 27 heavy (non-hydrogen) atoms. The van der Waals surface area contributed by atoms with Crippen LogP contribution in [0.3, 0.4) is 0 Å². The number of hydrogen-bond acceptors (Lipinski definition) is 7. The summed E-state index contributed by atoms with van der Waals surface area (Å²) in [6.45, 7) is 2.34. The summed E-state index contributed by atoms with van der Waals surface area (Å²) in [5, 5.41) is 5.27. The van der Waals surface area contributed by atoms with Gasteiger partial charge >= 0.3 is 12.2 Å². The maximum Gasteiger partial charge on any atom is 0.513 e. The number of anilines is 1. The predicted molar refractivity (Wildman–Crippen MR) is 98.5 cm³/mol. The average molecular weight is 367 g/mol. The Balaban J connectivity index is 1.84. The van der Waals surface area contributed by atoms with E-state index in [9.17, 15) is 9.59 Å². The third kappa shape index (κ3) is 4.46. The molecule has 0 radical (unpaired) electrons. The highest BCUT2D eigenvalue weighted by Gasteiger charge is 2.08. The summed E-state index contributed by atoms with van der Waals surface area (Å²) >= 11 is 0. The molecule has 0 bridgehead atoms. The summed E-state index contributed by atoms with van der Waals surface area (Å²) in [6.07, 6.45) is 0.835. The Kier molecular flexibility index (Phi) is 5.41. The second-order valence-electron chi connectivity index (χ2n) is 5.36. The Morgan fingerprint density at radius 1 is 1.07 bits per heavy atom. The maximum absolute atomic E-state index is 11.6. The lowest BCUT2D eigenvalue weighted by atomic mass is 10.1. The molecule has 2 aromatic heterocycles. The number of carbonyl (C=O) groups excluding carboxylic acids is 2. The Bertz CT molecular complexity index is 975.